The van der Waals surface area contributed by atoms with Crippen molar-refractivity contribution >= 4 is 22.4 Å². The van der Waals surface area contributed by atoms with Crippen LogP contribution in [0.25, 0.3) is 10.9 Å². The van der Waals surface area contributed by atoms with Gasteiger partial charge in [-0.2, -0.15) is 10.2 Å². The van der Waals surface area contributed by atoms with Crippen molar-refractivity contribution in [1.82, 2.24) is 20.4 Å². The molecule has 0 radical (unpaired) electrons. The lowest BCUT2D eigenvalue weighted by Crippen LogP contribution is -2.00. The second-order valence-electron chi connectivity index (χ2n) is 4.15. The molecule has 1 aromatic carbocycles. The number of rotatable bonds is 3. The van der Waals surface area contributed by atoms with Crippen molar-refractivity contribution in [2.24, 2.45) is 0 Å². The standard InChI is InChI=1S/C13H13N5O/c1-8-7-11(13(19-2)18-15-8)14-12-9-5-3-4-6-10(9)16-17-12/h3-7H,1-2H3,(H2,14,15,16,17). The van der Waals surface area contributed by atoms with Crippen LogP contribution < -0.4 is 10.1 Å². The topological polar surface area (TPSA) is 75.7 Å². The van der Waals surface area contributed by atoms with E-state index in [-0.39, 0.29) is 0 Å². The van der Waals surface area contributed by atoms with Gasteiger partial charge in [-0.3, -0.25) is 5.10 Å². The summed E-state index contributed by atoms with van der Waals surface area (Å²) in [7, 11) is 1.56. The predicted octanol–water partition coefficient (Wildman–Crippen LogP) is 2.41. The lowest BCUT2D eigenvalue weighted by atomic mass is 10.2. The van der Waals surface area contributed by atoms with Crippen LogP contribution in [0.5, 0.6) is 5.88 Å². The number of methoxy groups -OCH3 is 1. The van der Waals surface area contributed by atoms with Gasteiger partial charge in [0, 0.05) is 5.39 Å². The molecule has 6 nitrogen and oxygen atoms in total. The first-order valence-corrected chi connectivity index (χ1v) is 5.86. The number of benzene rings is 1. The van der Waals surface area contributed by atoms with Crippen molar-refractivity contribution < 1.29 is 4.74 Å². The molecule has 2 heterocycles. The summed E-state index contributed by atoms with van der Waals surface area (Å²) >= 11 is 0. The highest BCUT2D eigenvalue weighted by molar-refractivity contribution is 5.91. The van der Waals surface area contributed by atoms with E-state index in [4.69, 9.17) is 4.74 Å². The smallest absolute Gasteiger partial charge is 0.257 e. The Labute approximate surface area is 109 Å². The Hall–Kier alpha value is -2.63. The number of H-pyrrole nitrogens is 1. The van der Waals surface area contributed by atoms with Crippen molar-refractivity contribution in [3.8, 4) is 5.88 Å². The average Bonchev–Trinajstić information content (AvgIpc) is 2.83. The van der Waals surface area contributed by atoms with E-state index in [1.165, 1.54) is 0 Å². The largest absolute Gasteiger partial charge is 0.478 e. The van der Waals surface area contributed by atoms with Gasteiger partial charge in [-0.15, -0.1) is 5.10 Å². The third-order valence-electron chi connectivity index (χ3n) is 2.80. The molecule has 3 rings (SSSR count). The first-order chi connectivity index (χ1) is 9.28. The zero-order valence-electron chi connectivity index (χ0n) is 10.6. The van der Waals surface area contributed by atoms with Crippen LogP contribution in [0, 0.1) is 6.92 Å². The molecule has 2 aromatic heterocycles. The van der Waals surface area contributed by atoms with Gasteiger partial charge in [0.15, 0.2) is 5.82 Å². The molecule has 0 aliphatic carbocycles. The molecule has 2 N–H and O–H groups in total. The second-order valence-corrected chi connectivity index (χ2v) is 4.15. The summed E-state index contributed by atoms with van der Waals surface area (Å²) in [5.41, 5.74) is 2.53. The molecular formula is C13H13N5O. The maximum absolute atomic E-state index is 5.19. The third-order valence-corrected chi connectivity index (χ3v) is 2.80. The lowest BCUT2D eigenvalue weighted by molar-refractivity contribution is 0.393. The normalized spacial score (nSPS) is 10.6. The molecule has 0 unspecified atom stereocenters. The molecule has 0 saturated heterocycles. The van der Waals surface area contributed by atoms with Gasteiger partial charge in [0.1, 0.15) is 5.69 Å². The highest BCUT2D eigenvalue weighted by atomic mass is 16.5. The van der Waals surface area contributed by atoms with Crippen molar-refractivity contribution in [2.75, 3.05) is 12.4 Å². The molecule has 6 heteroatoms. The molecule has 19 heavy (non-hydrogen) atoms. The molecule has 3 aromatic rings. The summed E-state index contributed by atoms with van der Waals surface area (Å²) in [4.78, 5) is 0. The Morgan fingerprint density at radius 1 is 1.21 bits per heavy atom. The molecule has 0 bridgehead atoms. The Balaban J connectivity index is 2.03. The number of hydrogen-bond acceptors (Lipinski definition) is 5. The molecule has 0 amide bonds. The Morgan fingerprint density at radius 2 is 2.05 bits per heavy atom. The Kier molecular flexibility index (Phi) is 2.75. The van der Waals surface area contributed by atoms with Crippen LogP contribution in [-0.2, 0) is 0 Å². The van der Waals surface area contributed by atoms with Crippen molar-refractivity contribution in [3.63, 3.8) is 0 Å². The number of aromatic amines is 1. The van der Waals surface area contributed by atoms with Gasteiger partial charge in [0.25, 0.3) is 5.88 Å². The molecule has 0 spiro atoms. The lowest BCUT2D eigenvalue weighted by Gasteiger charge is -2.08. The van der Waals surface area contributed by atoms with Crippen LogP contribution in [0.15, 0.2) is 30.3 Å². The minimum atomic E-state index is 0.442. The third kappa shape index (κ3) is 2.08. The van der Waals surface area contributed by atoms with Crippen LogP contribution in [0.3, 0.4) is 0 Å². The summed E-state index contributed by atoms with van der Waals surface area (Å²) in [5.74, 6) is 1.18. The van der Waals surface area contributed by atoms with Gasteiger partial charge in [-0.1, -0.05) is 12.1 Å². The minimum Gasteiger partial charge on any atom is -0.478 e. The van der Waals surface area contributed by atoms with Crippen LogP contribution in [0.2, 0.25) is 0 Å². The predicted molar refractivity (Wildman–Crippen MR) is 72.7 cm³/mol. The monoisotopic (exact) mass is 255 g/mol. The first kappa shape index (κ1) is 11.5. The van der Waals surface area contributed by atoms with Gasteiger partial charge in [0.05, 0.1) is 18.3 Å². The van der Waals surface area contributed by atoms with E-state index in [9.17, 15) is 0 Å². The fourth-order valence-corrected chi connectivity index (χ4v) is 1.90. The molecule has 0 atom stereocenters. The number of aromatic nitrogens is 4. The van der Waals surface area contributed by atoms with E-state index >= 15 is 0 Å². The fourth-order valence-electron chi connectivity index (χ4n) is 1.90. The summed E-state index contributed by atoms with van der Waals surface area (Å²) in [5, 5.41) is 19.4. The van der Waals surface area contributed by atoms with E-state index in [1.54, 1.807) is 7.11 Å². The number of fused-ring (bicyclic) bond motifs is 1. The molecule has 96 valence electrons. The number of ether oxygens (including phenoxy) is 1. The van der Waals surface area contributed by atoms with E-state index in [2.05, 4.69) is 25.7 Å². The van der Waals surface area contributed by atoms with E-state index in [0.29, 0.717) is 5.88 Å². The highest BCUT2D eigenvalue weighted by Crippen LogP contribution is 2.28. The number of aryl methyl sites for hydroxylation is 1. The van der Waals surface area contributed by atoms with Gasteiger partial charge >= 0.3 is 0 Å². The summed E-state index contributed by atoms with van der Waals surface area (Å²) in [6, 6.07) is 9.77. The zero-order valence-corrected chi connectivity index (χ0v) is 10.6. The van der Waals surface area contributed by atoms with Crippen LogP contribution in [0.4, 0.5) is 11.5 Å². The van der Waals surface area contributed by atoms with Crippen LogP contribution >= 0.6 is 0 Å². The van der Waals surface area contributed by atoms with Gasteiger partial charge in [-0.25, -0.2) is 0 Å². The van der Waals surface area contributed by atoms with E-state index < -0.39 is 0 Å². The van der Waals surface area contributed by atoms with E-state index in [0.717, 1.165) is 28.1 Å². The highest BCUT2D eigenvalue weighted by Gasteiger charge is 2.10. The van der Waals surface area contributed by atoms with Gasteiger partial charge in [0.2, 0.25) is 0 Å². The summed E-state index contributed by atoms with van der Waals surface area (Å²) < 4.78 is 5.19. The number of nitrogens with one attached hydrogen (secondary N) is 2. The molecule has 0 saturated carbocycles. The van der Waals surface area contributed by atoms with E-state index in [1.807, 2.05) is 37.3 Å². The zero-order chi connectivity index (χ0) is 13.2. The van der Waals surface area contributed by atoms with Crippen molar-refractivity contribution in [2.45, 2.75) is 6.92 Å². The second kappa shape index (κ2) is 4.56. The van der Waals surface area contributed by atoms with Crippen molar-refractivity contribution in [3.05, 3.63) is 36.0 Å². The number of hydrogen-bond donors (Lipinski definition) is 2. The molecule has 0 fully saturated rings. The average molecular weight is 255 g/mol. The summed E-state index contributed by atoms with van der Waals surface area (Å²) in [6.45, 7) is 1.88. The Bertz CT molecular complexity index is 722. The fraction of sp³-hybridized carbons (Fsp3) is 0.154. The minimum absolute atomic E-state index is 0.442. The maximum atomic E-state index is 5.19. The summed E-state index contributed by atoms with van der Waals surface area (Å²) in [6.07, 6.45) is 0. The van der Waals surface area contributed by atoms with Crippen molar-refractivity contribution in [1.29, 1.82) is 0 Å². The maximum Gasteiger partial charge on any atom is 0.257 e. The van der Waals surface area contributed by atoms with Gasteiger partial charge in [-0.05, 0) is 25.1 Å². The first-order valence-electron chi connectivity index (χ1n) is 5.86. The molecular weight excluding hydrogens is 242 g/mol. The number of anilines is 2. The van der Waals surface area contributed by atoms with Crippen LogP contribution in [-0.4, -0.2) is 27.5 Å². The molecule has 0 aliphatic heterocycles. The SMILES string of the molecule is COc1nnc(C)cc1Nc1n[nH]c2ccccc12. The van der Waals surface area contributed by atoms with Gasteiger partial charge < -0.3 is 10.1 Å². The quantitative estimate of drug-likeness (QED) is 0.751. The number of nitrogens with zero attached hydrogens (tertiary/aromatic N) is 3. The number of para-hydroxylation sites is 1. The van der Waals surface area contributed by atoms with Crippen LogP contribution in [0.1, 0.15) is 5.69 Å². The molecule has 0 aliphatic rings. The Morgan fingerprint density at radius 3 is 2.89 bits per heavy atom.